The highest BCUT2D eigenvalue weighted by Gasteiger charge is 2.48. The fourth-order valence-corrected chi connectivity index (χ4v) is 2.79. The van der Waals surface area contributed by atoms with E-state index in [0.29, 0.717) is 17.3 Å². The molecule has 0 amide bonds. The number of nitrogens with one attached hydrogen (secondary N) is 1. The topological polar surface area (TPSA) is 37.8 Å². The van der Waals surface area contributed by atoms with Crippen LogP contribution in [0.2, 0.25) is 0 Å². The van der Waals surface area contributed by atoms with Crippen molar-refractivity contribution < 1.29 is 4.39 Å². The van der Waals surface area contributed by atoms with Crippen LogP contribution in [0.4, 0.5) is 10.2 Å². The zero-order chi connectivity index (χ0) is 10.3. The zero-order valence-electron chi connectivity index (χ0n) is 8.54. The van der Waals surface area contributed by atoms with Gasteiger partial charge < -0.3 is 5.32 Å². The molecule has 0 atom stereocenters. The van der Waals surface area contributed by atoms with Gasteiger partial charge in [-0.2, -0.15) is 4.39 Å². The van der Waals surface area contributed by atoms with Gasteiger partial charge in [-0.1, -0.05) is 6.42 Å². The second-order valence-electron chi connectivity index (χ2n) is 4.83. The molecule has 1 aromatic heterocycles. The summed E-state index contributed by atoms with van der Waals surface area (Å²) in [5, 5.41) is 3.25. The van der Waals surface area contributed by atoms with E-state index in [1.54, 1.807) is 0 Å². The second-order valence-corrected chi connectivity index (χ2v) is 4.83. The molecule has 1 N–H and O–H groups in total. The molecule has 1 heterocycles. The monoisotopic (exact) mass is 207 g/mol. The number of rotatable bonds is 2. The fraction of sp³-hybridized carbons (Fsp3) is 0.636. The molecule has 2 fully saturated rings. The lowest BCUT2D eigenvalue weighted by atomic mass is 9.54. The molecule has 3 nitrogen and oxygen atoms in total. The van der Waals surface area contributed by atoms with Crippen LogP contribution in [0.5, 0.6) is 0 Å². The highest BCUT2D eigenvalue weighted by Crippen LogP contribution is 2.56. The van der Waals surface area contributed by atoms with Crippen LogP contribution in [-0.4, -0.2) is 16.0 Å². The van der Waals surface area contributed by atoms with Gasteiger partial charge in [0.25, 0.3) is 0 Å². The molecule has 15 heavy (non-hydrogen) atoms. The van der Waals surface area contributed by atoms with E-state index in [0.717, 1.165) is 0 Å². The standard InChI is InChI=1S/C11H14FN3/c12-9-4-10(14-7-13-9)15-8-5-11(6-8)2-1-3-11/h4,7-8H,1-3,5-6H2,(H,13,14,15). The first-order valence-electron chi connectivity index (χ1n) is 5.50. The van der Waals surface area contributed by atoms with E-state index in [1.807, 2.05) is 0 Å². The summed E-state index contributed by atoms with van der Waals surface area (Å²) in [6, 6.07) is 1.84. The first-order chi connectivity index (χ1) is 7.26. The van der Waals surface area contributed by atoms with E-state index in [9.17, 15) is 4.39 Å². The van der Waals surface area contributed by atoms with Crippen LogP contribution < -0.4 is 5.32 Å². The molecule has 2 aliphatic rings. The van der Waals surface area contributed by atoms with Crippen molar-refractivity contribution in [3.05, 3.63) is 18.3 Å². The third-order valence-corrected chi connectivity index (χ3v) is 3.76. The van der Waals surface area contributed by atoms with Gasteiger partial charge in [0, 0.05) is 12.1 Å². The maximum Gasteiger partial charge on any atom is 0.217 e. The van der Waals surface area contributed by atoms with E-state index in [-0.39, 0.29) is 0 Å². The van der Waals surface area contributed by atoms with Gasteiger partial charge >= 0.3 is 0 Å². The molecule has 0 unspecified atom stereocenters. The van der Waals surface area contributed by atoms with Crippen molar-refractivity contribution in [3.8, 4) is 0 Å². The largest absolute Gasteiger partial charge is 0.367 e. The summed E-state index contributed by atoms with van der Waals surface area (Å²) in [5.74, 6) is 0.145. The average Bonchev–Trinajstić information content (AvgIpc) is 2.07. The Morgan fingerprint density at radius 2 is 2.13 bits per heavy atom. The van der Waals surface area contributed by atoms with Gasteiger partial charge in [0.05, 0.1) is 0 Å². The summed E-state index contributed by atoms with van der Waals surface area (Å²) in [6.45, 7) is 0. The lowest BCUT2D eigenvalue weighted by molar-refractivity contribution is 0.0191. The van der Waals surface area contributed by atoms with Crippen LogP contribution in [0.25, 0.3) is 0 Å². The van der Waals surface area contributed by atoms with Crippen LogP contribution >= 0.6 is 0 Å². The van der Waals surface area contributed by atoms with Crippen molar-refractivity contribution in [2.24, 2.45) is 5.41 Å². The van der Waals surface area contributed by atoms with Crippen LogP contribution in [0.15, 0.2) is 12.4 Å². The molecular weight excluding hydrogens is 193 g/mol. The number of halogens is 1. The number of anilines is 1. The Bertz CT molecular complexity index is 368. The van der Waals surface area contributed by atoms with Gasteiger partial charge in [-0.05, 0) is 31.1 Å². The predicted molar refractivity (Wildman–Crippen MR) is 54.9 cm³/mol. The Morgan fingerprint density at radius 3 is 2.73 bits per heavy atom. The van der Waals surface area contributed by atoms with Crippen molar-refractivity contribution in [2.75, 3.05) is 5.32 Å². The van der Waals surface area contributed by atoms with Crippen molar-refractivity contribution in [3.63, 3.8) is 0 Å². The van der Waals surface area contributed by atoms with Gasteiger partial charge in [-0.3, -0.25) is 0 Å². The molecule has 0 bridgehead atoms. The Kier molecular flexibility index (Phi) is 1.90. The molecule has 3 rings (SSSR count). The summed E-state index contributed by atoms with van der Waals surface area (Å²) in [4.78, 5) is 7.42. The number of hydrogen-bond donors (Lipinski definition) is 1. The van der Waals surface area contributed by atoms with E-state index in [1.165, 1.54) is 44.5 Å². The van der Waals surface area contributed by atoms with Crippen molar-refractivity contribution >= 4 is 5.82 Å². The first-order valence-corrected chi connectivity index (χ1v) is 5.50. The number of nitrogens with zero attached hydrogens (tertiary/aromatic N) is 2. The highest BCUT2D eigenvalue weighted by atomic mass is 19.1. The molecule has 0 aliphatic heterocycles. The fourth-order valence-electron chi connectivity index (χ4n) is 2.79. The molecule has 4 heteroatoms. The summed E-state index contributed by atoms with van der Waals surface area (Å²) in [7, 11) is 0. The van der Waals surface area contributed by atoms with E-state index in [2.05, 4.69) is 15.3 Å². The van der Waals surface area contributed by atoms with Crippen LogP contribution in [0.1, 0.15) is 32.1 Å². The van der Waals surface area contributed by atoms with Gasteiger partial charge in [0.15, 0.2) is 0 Å². The minimum absolute atomic E-state index is 0.467. The quantitative estimate of drug-likeness (QED) is 0.756. The third kappa shape index (κ3) is 1.58. The van der Waals surface area contributed by atoms with E-state index < -0.39 is 5.95 Å². The van der Waals surface area contributed by atoms with Crippen molar-refractivity contribution in [2.45, 2.75) is 38.1 Å². The number of aromatic nitrogens is 2. The Hall–Kier alpha value is -1.19. The molecule has 1 spiro atoms. The lowest BCUT2D eigenvalue weighted by Gasteiger charge is -2.54. The SMILES string of the molecule is Fc1cc(NC2CC3(CCC3)C2)ncn1. The smallest absolute Gasteiger partial charge is 0.217 e. The normalized spacial score (nSPS) is 23.3. The Balaban J connectivity index is 1.58. The number of hydrogen-bond acceptors (Lipinski definition) is 3. The van der Waals surface area contributed by atoms with Gasteiger partial charge in [-0.25, -0.2) is 9.97 Å². The lowest BCUT2D eigenvalue weighted by Crippen LogP contribution is -2.49. The van der Waals surface area contributed by atoms with Gasteiger partial charge in [-0.15, -0.1) is 0 Å². The Morgan fingerprint density at radius 1 is 1.33 bits per heavy atom. The second kappa shape index (κ2) is 3.15. The third-order valence-electron chi connectivity index (χ3n) is 3.76. The average molecular weight is 207 g/mol. The molecule has 80 valence electrons. The minimum Gasteiger partial charge on any atom is -0.367 e. The summed E-state index contributed by atoms with van der Waals surface area (Å²) in [6.07, 6.45) is 7.84. The predicted octanol–water partition coefficient (Wildman–Crippen LogP) is 2.36. The van der Waals surface area contributed by atoms with Crippen molar-refractivity contribution in [1.29, 1.82) is 0 Å². The molecule has 0 saturated heterocycles. The Labute approximate surface area is 88.1 Å². The van der Waals surface area contributed by atoms with E-state index in [4.69, 9.17) is 0 Å². The van der Waals surface area contributed by atoms with Crippen molar-refractivity contribution in [1.82, 2.24) is 9.97 Å². The van der Waals surface area contributed by atoms with Gasteiger partial charge in [0.1, 0.15) is 12.1 Å². The molecule has 0 radical (unpaired) electrons. The minimum atomic E-state index is -0.467. The highest BCUT2D eigenvalue weighted by molar-refractivity contribution is 5.35. The summed E-state index contributed by atoms with van der Waals surface area (Å²) < 4.78 is 12.8. The van der Waals surface area contributed by atoms with Crippen LogP contribution in [0, 0.1) is 11.4 Å². The van der Waals surface area contributed by atoms with E-state index >= 15 is 0 Å². The maximum atomic E-state index is 12.8. The molecule has 1 aromatic rings. The van der Waals surface area contributed by atoms with Crippen LogP contribution in [-0.2, 0) is 0 Å². The van der Waals surface area contributed by atoms with Gasteiger partial charge in [0.2, 0.25) is 5.95 Å². The van der Waals surface area contributed by atoms with Crippen LogP contribution in [0.3, 0.4) is 0 Å². The molecule has 0 aromatic carbocycles. The zero-order valence-corrected chi connectivity index (χ0v) is 8.54. The summed E-state index contributed by atoms with van der Waals surface area (Å²) in [5.41, 5.74) is 0.642. The maximum absolute atomic E-state index is 12.8. The molecule has 2 saturated carbocycles. The summed E-state index contributed by atoms with van der Waals surface area (Å²) >= 11 is 0. The first kappa shape index (κ1) is 9.07. The molecular formula is C11H14FN3. The molecule has 2 aliphatic carbocycles.